The van der Waals surface area contributed by atoms with Crippen molar-refractivity contribution < 1.29 is 28.3 Å². The molecule has 2 aromatic rings. The Balaban J connectivity index is 1.82. The van der Waals surface area contributed by atoms with Crippen LogP contribution in [0.15, 0.2) is 42.1 Å². The van der Waals surface area contributed by atoms with Crippen LogP contribution in [0, 0.1) is 12.7 Å². The Bertz CT molecular complexity index is 1350. The van der Waals surface area contributed by atoms with Crippen molar-refractivity contribution in [1.82, 2.24) is 15.1 Å². The molecule has 39 heavy (non-hydrogen) atoms. The molecule has 0 radical (unpaired) electrons. The predicted octanol–water partition coefficient (Wildman–Crippen LogP) is 4.82. The highest BCUT2D eigenvalue weighted by molar-refractivity contribution is 6.39. The number of carbonyl (C=O) groups is 3. The van der Waals surface area contributed by atoms with E-state index in [1.165, 1.54) is 32.2 Å². The van der Waals surface area contributed by atoms with E-state index in [2.05, 4.69) is 5.32 Å². The number of benzene rings is 2. The summed E-state index contributed by atoms with van der Waals surface area (Å²) in [5.41, 5.74) is 5.44. The van der Waals surface area contributed by atoms with Gasteiger partial charge in [-0.15, -0.1) is 0 Å². The summed E-state index contributed by atoms with van der Waals surface area (Å²) < 4.78 is 29.0. The van der Waals surface area contributed by atoms with Gasteiger partial charge in [0.25, 0.3) is 0 Å². The van der Waals surface area contributed by atoms with Gasteiger partial charge in [-0.1, -0.05) is 29.3 Å². The third-order valence-electron chi connectivity index (χ3n) is 7.23. The lowest BCUT2D eigenvalue weighted by atomic mass is 9.86. The van der Waals surface area contributed by atoms with Gasteiger partial charge in [-0.2, -0.15) is 0 Å². The molecule has 2 aromatic carbocycles. The summed E-state index contributed by atoms with van der Waals surface area (Å²) in [7, 11) is 0. The van der Waals surface area contributed by atoms with Crippen LogP contribution in [0.5, 0.6) is 0 Å². The molecular weight excluding hydrogens is 553 g/mol. The van der Waals surface area contributed by atoms with E-state index in [0.29, 0.717) is 33.3 Å². The number of carbonyl (C=O) groups excluding carboxylic acids is 2. The number of carboxylic acids is 1. The zero-order chi connectivity index (χ0) is 28.6. The van der Waals surface area contributed by atoms with Crippen LogP contribution >= 0.6 is 23.2 Å². The van der Waals surface area contributed by atoms with Crippen molar-refractivity contribution in [2.45, 2.75) is 44.4 Å². The number of carboxylic acid groups (broad SMARTS) is 1. The maximum Gasteiger partial charge on any atom is 0.323 e. The Labute approximate surface area is 234 Å². The van der Waals surface area contributed by atoms with E-state index < -0.39 is 47.9 Å². The van der Waals surface area contributed by atoms with Gasteiger partial charge in [-0.3, -0.25) is 19.4 Å². The summed E-state index contributed by atoms with van der Waals surface area (Å²) in [4.78, 5) is 40.5. The van der Waals surface area contributed by atoms with E-state index >= 15 is 4.39 Å². The van der Waals surface area contributed by atoms with Crippen LogP contribution in [0.25, 0.3) is 11.1 Å². The molecule has 4 rings (SSSR count). The quantitative estimate of drug-likeness (QED) is 0.393. The molecule has 0 unspecified atom stereocenters. The van der Waals surface area contributed by atoms with Crippen LogP contribution in [0.2, 0.25) is 10.0 Å². The molecular formula is C27H28Cl2F2N4O4. The minimum Gasteiger partial charge on any atom is -0.481 e. The first-order valence-electron chi connectivity index (χ1n) is 12.3. The van der Waals surface area contributed by atoms with Gasteiger partial charge in [-0.05, 0) is 61.2 Å². The van der Waals surface area contributed by atoms with Gasteiger partial charge < -0.3 is 16.2 Å². The second-order valence-corrected chi connectivity index (χ2v) is 10.8. The van der Waals surface area contributed by atoms with Crippen LogP contribution < -0.4 is 11.1 Å². The zero-order valence-corrected chi connectivity index (χ0v) is 22.8. The van der Waals surface area contributed by atoms with Gasteiger partial charge in [0.1, 0.15) is 17.5 Å². The van der Waals surface area contributed by atoms with Gasteiger partial charge >= 0.3 is 12.0 Å². The van der Waals surface area contributed by atoms with Gasteiger partial charge in [0.05, 0.1) is 12.5 Å². The number of hydrogen-bond acceptors (Lipinski definition) is 4. The van der Waals surface area contributed by atoms with Gasteiger partial charge in [0.15, 0.2) is 0 Å². The standard InChI is InChI=1S/C27H28Cl2F2N4O4/c1-14-8-15(23-19(28)4-3-5-20(23)29)9-18(24(14)31)21(10-22(36)37)35-11-16(6-7-34-12-17(30)13-34)27(2,25(32)38)33-26(35)39/h3-5,8-9,11,17,21H,6-7,10,12-13H2,1-2H3,(H2,32,38)(H,33,39)(H,36,37)/t21-,27-/m0/s1. The molecule has 2 atom stereocenters. The number of alkyl halides is 1. The number of rotatable bonds is 9. The zero-order valence-electron chi connectivity index (χ0n) is 21.3. The molecule has 3 amide bonds. The van der Waals surface area contributed by atoms with Crippen LogP contribution in [0.4, 0.5) is 13.6 Å². The van der Waals surface area contributed by atoms with E-state index in [1.54, 1.807) is 18.2 Å². The predicted molar refractivity (Wildman–Crippen MR) is 144 cm³/mol. The lowest BCUT2D eigenvalue weighted by Crippen LogP contribution is -2.62. The lowest BCUT2D eigenvalue weighted by Gasteiger charge is -2.42. The van der Waals surface area contributed by atoms with E-state index in [1.807, 2.05) is 4.90 Å². The first-order chi connectivity index (χ1) is 18.3. The summed E-state index contributed by atoms with van der Waals surface area (Å²) in [6, 6.07) is 5.75. The van der Waals surface area contributed by atoms with Crippen LogP contribution in [-0.4, -0.2) is 64.2 Å². The summed E-state index contributed by atoms with van der Waals surface area (Å²) in [5, 5.41) is 12.9. The fourth-order valence-electron chi connectivity index (χ4n) is 4.93. The highest BCUT2D eigenvalue weighted by Gasteiger charge is 2.44. The number of amides is 3. The first kappa shape index (κ1) is 28.8. The van der Waals surface area contributed by atoms with Gasteiger partial charge in [0.2, 0.25) is 5.91 Å². The van der Waals surface area contributed by atoms with E-state index in [-0.39, 0.29) is 30.6 Å². The second-order valence-electron chi connectivity index (χ2n) is 9.99. The Kier molecular flexibility index (Phi) is 8.20. The molecule has 1 saturated heterocycles. The number of nitrogens with zero attached hydrogens (tertiary/aromatic N) is 2. The molecule has 4 N–H and O–H groups in total. The minimum atomic E-state index is -1.57. The number of likely N-dealkylation sites (tertiary alicyclic amines) is 1. The summed E-state index contributed by atoms with van der Waals surface area (Å²) in [6.07, 6.45) is 0.0259. The molecule has 2 heterocycles. The van der Waals surface area contributed by atoms with E-state index in [9.17, 15) is 23.9 Å². The van der Waals surface area contributed by atoms with Crippen molar-refractivity contribution in [3.05, 3.63) is 69.1 Å². The fraction of sp³-hybridized carbons (Fsp3) is 0.370. The van der Waals surface area contributed by atoms with Gasteiger partial charge in [0, 0.05) is 47.0 Å². The molecule has 2 aliphatic heterocycles. The fourth-order valence-corrected chi connectivity index (χ4v) is 5.54. The monoisotopic (exact) mass is 580 g/mol. The molecule has 0 aromatic heterocycles. The number of aryl methyl sites for hydroxylation is 1. The maximum atomic E-state index is 15.6. The van der Waals surface area contributed by atoms with Crippen molar-refractivity contribution in [2.24, 2.45) is 5.73 Å². The normalized spacial score (nSPS) is 20.7. The van der Waals surface area contributed by atoms with E-state index in [0.717, 1.165) is 4.90 Å². The molecule has 0 aliphatic carbocycles. The van der Waals surface area contributed by atoms with Crippen LogP contribution in [0.1, 0.15) is 36.9 Å². The summed E-state index contributed by atoms with van der Waals surface area (Å²) >= 11 is 12.8. The smallest absolute Gasteiger partial charge is 0.323 e. The highest BCUT2D eigenvalue weighted by Crippen LogP contribution is 2.40. The Morgan fingerprint density at radius 1 is 1.26 bits per heavy atom. The first-order valence-corrected chi connectivity index (χ1v) is 13.0. The number of primary amides is 1. The van der Waals surface area contributed by atoms with Crippen molar-refractivity contribution >= 4 is 41.1 Å². The number of urea groups is 1. The molecule has 0 spiro atoms. The molecule has 0 saturated carbocycles. The minimum absolute atomic E-state index is 0.0696. The number of hydrogen-bond donors (Lipinski definition) is 3. The summed E-state index contributed by atoms with van der Waals surface area (Å²) in [5.74, 6) is -2.80. The van der Waals surface area contributed by atoms with Crippen molar-refractivity contribution in [3.8, 4) is 11.1 Å². The molecule has 1 fully saturated rings. The number of halogens is 4. The van der Waals surface area contributed by atoms with E-state index in [4.69, 9.17) is 28.9 Å². The van der Waals surface area contributed by atoms with Crippen LogP contribution in [-0.2, 0) is 9.59 Å². The van der Waals surface area contributed by atoms with Gasteiger partial charge in [-0.25, -0.2) is 13.6 Å². The molecule has 0 bridgehead atoms. The van der Waals surface area contributed by atoms with Crippen molar-refractivity contribution in [1.29, 1.82) is 0 Å². The SMILES string of the molecule is Cc1cc(-c2c(Cl)cccc2Cl)cc([C@H](CC(=O)O)N2C=C(CCN3CC(F)C3)[C@@](C)(C(N)=O)NC2=O)c1F. The molecule has 208 valence electrons. The molecule has 8 nitrogen and oxygen atoms in total. The van der Waals surface area contributed by atoms with Crippen molar-refractivity contribution in [3.63, 3.8) is 0 Å². The lowest BCUT2D eigenvalue weighted by molar-refractivity contribution is -0.138. The van der Waals surface area contributed by atoms with Crippen molar-refractivity contribution in [2.75, 3.05) is 19.6 Å². The molecule has 12 heteroatoms. The highest BCUT2D eigenvalue weighted by atomic mass is 35.5. The third-order valence-corrected chi connectivity index (χ3v) is 7.86. The Morgan fingerprint density at radius 2 is 1.90 bits per heavy atom. The topological polar surface area (TPSA) is 116 Å². The Hall–Kier alpha value is -3.21. The Morgan fingerprint density at radius 3 is 2.46 bits per heavy atom. The summed E-state index contributed by atoms with van der Waals surface area (Å²) in [6.45, 7) is 3.84. The number of aliphatic carboxylic acids is 1. The second kappa shape index (κ2) is 11.1. The van der Waals surface area contributed by atoms with Crippen LogP contribution in [0.3, 0.4) is 0 Å². The molecule has 2 aliphatic rings. The average Bonchev–Trinajstić information content (AvgIpc) is 2.82. The maximum absolute atomic E-state index is 15.6. The number of nitrogens with two attached hydrogens (primary N) is 1. The third kappa shape index (κ3) is 5.73. The number of nitrogens with one attached hydrogen (secondary N) is 1. The average molecular weight is 581 g/mol. The largest absolute Gasteiger partial charge is 0.481 e.